The molecule has 0 saturated heterocycles. The molecule has 104 valence electrons. The van der Waals surface area contributed by atoms with Crippen LogP contribution in [0.1, 0.15) is 31.2 Å². The summed E-state index contributed by atoms with van der Waals surface area (Å²) < 4.78 is 5.56. The number of carbonyl (C=O) groups excluding carboxylic acids is 1. The zero-order chi connectivity index (χ0) is 13.5. The number of rotatable bonds is 5. The fourth-order valence-corrected chi connectivity index (χ4v) is 2.35. The van der Waals surface area contributed by atoms with Gasteiger partial charge in [0.15, 0.2) is 0 Å². The Kier molecular flexibility index (Phi) is 5.07. The molecule has 1 aromatic carbocycles. The van der Waals surface area contributed by atoms with Crippen molar-refractivity contribution in [3.05, 3.63) is 29.8 Å². The Bertz CT molecular complexity index is 414. The van der Waals surface area contributed by atoms with Gasteiger partial charge in [0.2, 0.25) is 0 Å². The number of hydrogen-bond acceptors (Lipinski definition) is 2. The van der Waals surface area contributed by atoms with E-state index in [-0.39, 0.29) is 6.03 Å². The van der Waals surface area contributed by atoms with E-state index in [0.29, 0.717) is 19.2 Å². The van der Waals surface area contributed by atoms with Crippen LogP contribution in [-0.2, 0) is 0 Å². The molecule has 0 aromatic heterocycles. The molecule has 0 unspecified atom stereocenters. The average molecular weight is 262 g/mol. The summed E-state index contributed by atoms with van der Waals surface area (Å²) in [5.74, 6) is 0.845. The predicted molar refractivity (Wildman–Crippen MR) is 75.5 cm³/mol. The van der Waals surface area contributed by atoms with Gasteiger partial charge in [-0.3, -0.25) is 0 Å². The van der Waals surface area contributed by atoms with Gasteiger partial charge in [-0.25, -0.2) is 4.79 Å². The van der Waals surface area contributed by atoms with Gasteiger partial charge in [-0.15, -0.1) is 0 Å². The van der Waals surface area contributed by atoms with E-state index in [1.165, 1.54) is 18.4 Å². The molecule has 2 N–H and O–H groups in total. The first-order valence-electron chi connectivity index (χ1n) is 6.98. The lowest BCUT2D eigenvalue weighted by atomic mass is 10.2. The molecular weight excluding hydrogens is 240 g/mol. The van der Waals surface area contributed by atoms with Gasteiger partial charge < -0.3 is 15.4 Å². The molecule has 2 amide bonds. The van der Waals surface area contributed by atoms with E-state index in [2.05, 4.69) is 10.6 Å². The van der Waals surface area contributed by atoms with Crippen LogP contribution in [-0.4, -0.2) is 25.2 Å². The van der Waals surface area contributed by atoms with Crippen LogP contribution >= 0.6 is 0 Å². The highest BCUT2D eigenvalue weighted by Gasteiger charge is 2.16. The van der Waals surface area contributed by atoms with Crippen molar-refractivity contribution in [1.82, 2.24) is 10.6 Å². The maximum absolute atomic E-state index is 11.6. The summed E-state index contributed by atoms with van der Waals surface area (Å²) in [6.07, 6.45) is 4.66. The quantitative estimate of drug-likeness (QED) is 0.801. The van der Waals surface area contributed by atoms with E-state index in [1.807, 2.05) is 31.2 Å². The van der Waals surface area contributed by atoms with Crippen LogP contribution in [0.4, 0.5) is 4.79 Å². The van der Waals surface area contributed by atoms with Crippen molar-refractivity contribution in [3.63, 3.8) is 0 Å². The summed E-state index contributed by atoms with van der Waals surface area (Å²) in [6.45, 7) is 3.04. The van der Waals surface area contributed by atoms with Crippen LogP contribution in [0.3, 0.4) is 0 Å². The first-order chi connectivity index (χ1) is 9.24. The average Bonchev–Trinajstić information content (AvgIpc) is 2.87. The van der Waals surface area contributed by atoms with Crippen LogP contribution in [0, 0.1) is 6.92 Å². The van der Waals surface area contributed by atoms with Gasteiger partial charge in [-0.1, -0.05) is 25.0 Å². The molecular formula is C15H22N2O2. The van der Waals surface area contributed by atoms with Crippen LogP contribution in [0.5, 0.6) is 5.75 Å². The summed E-state index contributed by atoms with van der Waals surface area (Å²) >= 11 is 0. The minimum atomic E-state index is -0.0836. The monoisotopic (exact) mass is 262 g/mol. The minimum absolute atomic E-state index is 0.0836. The van der Waals surface area contributed by atoms with Gasteiger partial charge in [0.25, 0.3) is 0 Å². The number of ether oxygens (including phenoxy) is 1. The zero-order valence-corrected chi connectivity index (χ0v) is 11.4. The smallest absolute Gasteiger partial charge is 0.315 e. The number of urea groups is 1. The van der Waals surface area contributed by atoms with Crippen molar-refractivity contribution in [3.8, 4) is 5.75 Å². The van der Waals surface area contributed by atoms with E-state index >= 15 is 0 Å². The highest BCUT2D eigenvalue weighted by Crippen LogP contribution is 2.17. The van der Waals surface area contributed by atoms with Crippen molar-refractivity contribution >= 4 is 6.03 Å². The fourth-order valence-electron chi connectivity index (χ4n) is 2.35. The second-order valence-electron chi connectivity index (χ2n) is 5.05. The zero-order valence-electron chi connectivity index (χ0n) is 11.4. The molecule has 0 atom stereocenters. The molecule has 1 saturated carbocycles. The van der Waals surface area contributed by atoms with Gasteiger partial charge in [0.1, 0.15) is 12.4 Å². The Morgan fingerprint density at radius 1 is 1.37 bits per heavy atom. The number of nitrogens with one attached hydrogen (secondary N) is 2. The van der Waals surface area contributed by atoms with E-state index in [4.69, 9.17) is 4.74 Å². The molecule has 0 heterocycles. The van der Waals surface area contributed by atoms with Gasteiger partial charge >= 0.3 is 6.03 Å². The summed E-state index contributed by atoms with van der Waals surface area (Å²) in [5, 5.41) is 5.80. The SMILES string of the molecule is Cc1cccc(OCCNC(=O)NC2CCCC2)c1. The van der Waals surface area contributed by atoms with Gasteiger partial charge in [0.05, 0.1) is 6.54 Å². The number of hydrogen-bond donors (Lipinski definition) is 2. The number of aryl methyl sites for hydroxylation is 1. The summed E-state index contributed by atoms with van der Waals surface area (Å²) in [5.41, 5.74) is 1.17. The number of carbonyl (C=O) groups is 1. The molecule has 4 nitrogen and oxygen atoms in total. The van der Waals surface area contributed by atoms with Crippen LogP contribution < -0.4 is 15.4 Å². The van der Waals surface area contributed by atoms with E-state index < -0.39 is 0 Å². The van der Waals surface area contributed by atoms with Crippen molar-refractivity contribution < 1.29 is 9.53 Å². The molecule has 1 aromatic rings. The lowest BCUT2D eigenvalue weighted by Crippen LogP contribution is -2.42. The third kappa shape index (κ3) is 4.81. The number of amides is 2. The van der Waals surface area contributed by atoms with Crippen LogP contribution in [0.15, 0.2) is 24.3 Å². The van der Waals surface area contributed by atoms with Gasteiger partial charge in [-0.2, -0.15) is 0 Å². The van der Waals surface area contributed by atoms with Crippen molar-refractivity contribution in [1.29, 1.82) is 0 Å². The van der Waals surface area contributed by atoms with E-state index in [0.717, 1.165) is 18.6 Å². The summed E-state index contributed by atoms with van der Waals surface area (Å²) in [7, 11) is 0. The van der Waals surface area contributed by atoms with Crippen molar-refractivity contribution in [2.75, 3.05) is 13.2 Å². The Balaban J connectivity index is 1.59. The molecule has 4 heteroatoms. The molecule has 2 rings (SSSR count). The first-order valence-corrected chi connectivity index (χ1v) is 6.98. The summed E-state index contributed by atoms with van der Waals surface area (Å²) in [6, 6.07) is 8.17. The van der Waals surface area contributed by atoms with Gasteiger partial charge in [0, 0.05) is 6.04 Å². The normalized spacial score (nSPS) is 15.2. The molecule has 19 heavy (non-hydrogen) atoms. The second kappa shape index (κ2) is 7.02. The molecule has 1 fully saturated rings. The standard InChI is InChI=1S/C15H22N2O2/c1-12-5-4-8-14(11-12)19-10-9-16-15(18)17-13-6-2-3-7-13/h4-5,8,11,13H,2-3,6-7,9-10H2,1H3,(H2,16,17,18). The highest BCUT2D eigenvalue weighted by molar-refractivity contribution is 5.74. The Morgan fingerprint density at radius 2 is 2.16 bits per heavy atom. The fraction of sp³-hybridized carbons (Fsp3) is 0.533. The van der Waals surface area contributed by atoms with Crippen molar-refractivity contribution in [2.45, 2.75) is 38.6 Å². The Morgan fingerprint density at radius 3 is 2.89 bits per heavy atom. The lowest BCUT2D eigenvalue weighted by molar-refractivity contribution is 0.233. The van der Waals surface area contributed by atoms with E-state index in [9.17, 15) is 4.79 Å². The topological polar surface area (TPSA) is 50.4 Å². The van der Waals surface area contributed by atoms with Crippen molar-refractivity contribution in [2.24, 2.45) is 0 Å². The number of benzene rings is 1. The third-order valence-corrected chi connectivity index (χ3v) is 3.34. The molecule has 1 aliphatic carbocycles. The highest BCUT2D eigenvalue weighted by atomic mass is 16.5. The molecule has 0 aliphatic heterocycles. The summed E-state index contributed by atoms with van der Waals surface area (Å²) in [4.78, 5) is 11.6. The van der Waals surface area contributed by atoms with Gasteiger partial charge in [-0.05, 0) is 37.5 Å². The Hall–Kier alpha value is -1.71. The predicted octanol–water partition coefficient (Wildman–Crippen LogP) is 2.62. The Labute approximate surface area is 114 Å². The maximum Gasteiger partial charge on any atom is 0.315 e. The lowest BCUT2D eigenvalue weighted by Gasteiger charge is -2.13. The molecule has 0 radical (unpaired) electrons. The molecule has 0 spiro atoms. The van der Waals surface area contributed by atoms with Crippen LogP contribution in [0.2, 0.25) is 0 Å². The molecule has 0 bridgehead atoms. The minimum Gasteiger partial charge on any atom is -0.492 e. The first kappa shape index (κ1) is 13.7. The molecule has 1 aliphatic rings. The van der Waals surface area contributed by atoms with Crippen LogP contribution in [0.25, 0.3) is 0 Å². The largest absolute Gasteiger partial charge is 0.492 e. The third-order valence-electron chi connectivity index (χ3n) is 3.34. The maximum atomic E-state index is 11.6. The van der Waals surface area contributed by atoms with E-state index in [1.54, 1.807) is 0 Å². The second-order valence-corrected chi connectivity index (χ2v) is 5.05.